The molecule has 0 aromatic heterocycles. The number of morpholine rings is 1. The van der Waals surface area contributed by atoms with E-state index in [2.05, 4.69) is 54.2 Å². The molecule has 0 aliphatic carbocycles. The highest BCUT2D eigenvalue weighted by Crippen LogP contribution is 2.26. The number of likely N-dealkylation sites (tertiary alicyclic amines) is 1. The molecule has 2 atom stereocenters. The van der Waals surface area contributed by atoms with Gasteiger partial charge >= 0.3 is 0 Å². The number of aliphatic imine (C=N–C) groups is 1. The minimum absolute atomic E-state index is 0.0411. The van der Waals surface area contributed by atoms with Crippen LogP contribution in [0.1, 0.15) is 49.0 Å². The van der Waals surface area contributed by atoms with Crippen molar-refractivity contribution in [3.63, 3.8) is 0 Å². The van der Waals surface area contributed by atoms with Gasteiger partial charge in [0.05, 0.1) is 13.2 Å². The van der Waals surface area contributed by atoms with E-state index in [-0.39, 0.29) is 12.0 Å². The largest absolute Gasteiger partial charge is 0.370 e. The van der Waals surface area contributed by atoms with Gasteiger partial charge in [-0.3, -0.25) is 9.79 Å². The van der Waals surface area contributed by atoms with Gasteiger partial charge in [-0.15, -0.1) is 0 Å². The molecule has 2 heterocycles. The van der Waals surface area contributed by atoms with Crippen LogP contribution >= 0.6 is 0 Å². The van der Waals surface area contributed by atoms with Gasteiger partial charge in [-0.05, 0) is 43.7 Å². The SMILES string of the molecule is CN=C(NCCC(=O)N1CCCC(C)C1)N1CCOC(c2ccc(C)cc2C)C1. The average Bonchev–Trinajstić information content (AvgIpc) is 2.71. The number of carbonyl (C=O) groups is 1. The summed E-state index contributed by atoms with van der Waals surface area (Å²) < 4.78 is 6.06. The third-order valence-electron chi connectivity index (χ3n) is 5.98. The number of amides is 1. The summed E-state index contributed by atoms with van der Waals surface area (Å²) in [6.07, 6.45) is 2.90. The van der Waals surface area contributed by atoms with Gasteiger partial charge in [-0.2, -0.15) is 0 Å². The van der Waals surface area contributed by atoms with Crippen molar-refractivity contribution >= 4 is 11.9 Å². The first-order valence-electron chi connectivity index (χ1n) is 10.9. The van der Waals surface area contributed by atoms with Gasteiger partial charge < -0.3 is 19.9 Å². The number of guanidine groups is 1. The molecule has 1 aromatic rings. The predicted molar refractivity (Wildman–Crippen MR) is 117 cm³/mol. The highest BCUT2D eigenvalue weighted by atomic mass is 16.5. The molecule has 2 aliphatic heterocycles. The lowest BCUT2D eigenvalue weighted by atomic mass is 10.00. The second-order valence-corrected chi connectivity index (χ2v) is 8.48. The van der Waals surface area contributed by atoms with Crippen LogP contribution in [0.25, 0.3) is 0 Å². The number of hydrogen-bond donors (Lipinski definition) is 1. The van der Waals surface area contributed by atoms with Crippen molar-refractivity contribution < 1.29 is 9.53 Å². The molecule has 160 valence electrons. The molecule has 0 bridgehead atoms. The summed E-state index contributed by atoms with van der Waals surface area (Å²) in [5.74, 6) is 1.71. The highest BCUT2D eigenvalue weighted by Gasteiger charge is 2.26. The second kappa shape index (κ2) is 10.1. The summed E-state index contributed by atoms with van der Waals surface area (Å²) in [6, 6.07) is 6.52. The second-order valence-electron chi connectivity index (χ2n) is 8.48. The lowest BCUT2D eigenvalue weighted by molar-refractivity contribution is -0.132. The van der Waals surface area contributed by atoms with Crippen molar-refractivity contribution in [1.82, 2.24) is 15.1 Å². The number of carbonyl (C=O) groups excluding carboxylic acids is 1. The highest BCUT2D eigenvalue weighted by molar-refractivity contribution is 5.81. The van der Waals surface area contributed by atoms with Gasteiger partial charge in [0.2, 0.25) is 5.91 Å². The van der Waals surface area contributed by atoms with Crippen LogP contribution in [-0.2, 0) is 9.53 Å². The minimum Gasteiger partial charge on any atom is -0.370 e. The van der Waals surface area contributed by atoms with E-state index in [0.29, 0.717) is 25.5 Å². The van der Waals surface area contributed by atoms with Crippen molar-refractivity contribution in [1.29, 1.82) is 0 Å². The van der Waals surface area contributed by atoms with E-state index in [1.165, 1.54) is 23.1 Å². The van der Waals surface area contributed by atoms with Crippen molar-refractivity contribution in [3.05, 3.63) is 34.9 Å². The molecule has 0 spiro atoms. The van der Waals surface area contributed by atoms with E-state index in [1.54, 1.807) is 7.05 Å². The van der Waals surface area contributed by atoms with E-state index < -0.39 is 0 Å². The normalized spacial score (nSPS) is 23.2. The van der Waals surface area contributed by atoms with Crippen LogP contribution in [-0.4, -0.2) is 68.0 Å². The maximum atomic E-state index is 12.5. The van der Waals surface area contributed by atoms with E-state index in [1.807, 2.05) is 4.90 Å². The summed E-state index contributed by atoms with van der Waals surface area (Å²) >= 11 is 0. The zero-order valence-corrected chi connectivity index (χ0v) is 18.4. The lowest BCUT2D eigenvalue weighted by Crippen LogP contribution is -2.49. The number of hydrogen-bond acceptors (Lipinski definition) is 3. The van der Waals surface area contributed by atoms with Crippen molar-refractivity contribution in [2.45, 2.75) is 46.1 Å². The fourth-order valence-corrected chi connectivity index (χ4v) is 4.40. The number of aryl methyl sites for hydroxylation is 2. The van der Waals surface area contributed by atoms with Crippen LogP contribution in [0.5, 0.6) is 0 Å². The first-order valence-corrected chi connectivity index (χ1v) is 10.9. The van der Waals surface area contributed by atoms with Crippen LogP contribution in [0.15, 0.2) is 23.2 Å². The van der Waals surface area contributed by atoms with Crippen molar-refractivity contribution in [3.8, 4) is 0 Å². The molecule has 1 aromatic carbocycles. The third-order valence-corrected chi connectivity index (χ3v) is 5.98. The van der Waals surface area contributed by atoms with Gasteiger partial charge in [0, 0.05) is 39.6 Å². The third kappa shape index (κ3) is 5.72. The van der Waals surface area contributed by atoms with Crippen molar-refractivity contribution in [2.75, 3.05) is 46.4 Å². The number of nitrogens with one attached hydrogen (secondary N) is 1. The number of benzene rings is 1. The maximum absolute atomic E-state index is 12.5. The molecule has 0 saturated carbocycles. The molecular formula is C23H36N4O2. The molecule has 3 rings (SSSR count). The maximum Gasteiger partial charge on any atom is 0.224 e. The molecule has 6 heteroatoms. The van der Waals surface area contributed by atoms with Gasteiger partial charge in [0.25, 0.3) is 0 Å². The fourth-order valence-electron chi connectivity index (χ4n) is 4.40. The van der Waals surface area contributed by atoms with Crippen LogP contribution < -0.4 is 5.32 Å². The van der Waals surface area contributed by atoms with Gasteiger partial charge in [-0.25, -0.2) is 0 Å². The van der Waals surface area contributed by atoms with E-state index >= 15 is 0 Å². The Morgan fingerprint density at radius 1 is 1.24 bits per heavy atom. The molecule has 2 unspecified atom stereocenters. The quantitative estimate of drug-likeness (QED) is 0.624. The first kappa shape index (κ1) is 21.6. The summed E-state index contributed by atoms with van der Waals surface area (Å²) in [7, 11) is 1.80. The zero-order valence-electron chi connectivity index (χ0n) is 18.4. The number of ether oxygens (including phenoxy) is 1. The zero-order chi connectivity index (χ0) is 20.8. The summed E-state index contributed by atoms with van der Waals surface area (Å²) in [5, 5.41) is 3.39. The lowest BCUT2D eigenvalue weighted by Gasteiger charge is -2.36. The van der Waals surface area contributed by atoms with Crippen molar-refractivity contribution in [2.24, 2.45) is 10.9 Å². The Morgan fingerprint density at radius 3 is 2.79 bits per heavy atom. The molecule has 29 heavy (non-hydrogen) atoms. The first-order chi connectivity index (χ1) is 14.0. The Bertz CT molecular complexity index is 734. The molecule has 2 fully saturated rings. The average molecular weight is 401 g/mol. The molecule has 2 aliphatic rings. The van der Waals surface area contributed by atoms with Gasteiger partial charge in [-0.1, -0.05) is 30.7 Å². The standard InChI is InChI=1S/C23H36N4O2/c1-17-7-8-20(19(3)14-17)21-16-27(12-13-29-21)23(24-4)25-10-9-22(28)26-11-5-6-18(2)15-26/h7-8,14,18,21H,5-6,9-13,15-16H2,1-4H3,(H,24,25). The smallest absolute Gasteiger partial charge is 0.224 e. The molecule has 1 N–H and O–H groups in total. The van der Waals surface area contributed by atoms with Gasteiger partial charge in [0.15, 0.2) is 5.96 Å². The number of rotatable bonds is 4. The Labute approximate surface area is 175 Å². The predicted octanol–water partition coefficient (Wildman–Crippen LogP) is 2.90. The Morgan fingerprint density at radius 2 is 2.07 bits per heavy atom. The molecular weight excluding hydrogens is 364 g/mol. The Kier molecular flexibility index (Phi) is 7.53. The van der Waals surface area contributed by atoms with Crippen LogP contribution in [0, 0.1) is 19.8 Å². The monoisotopic (exact) mass is 400 g/mol. The molecule has 6 nitrogen and oxygen atoms in total. The summed E-state index contributed by atoms with van der Waals surface area (Å²) in [6.45, 7) is 11.1. The molecule has 0 radical (unpaired) electrons. The topological polar surface area (TPSA) is 57.2 Å². The molecule has 1 amide bonds. The fraction of sp³-hybridized carbons (Fsp3) is 0.652. The Hall–Kier alpha value is -2.08. The summed E-state index contributed by atoms with van der Waals surface area (Å²) in [4.78, 5) is 21.2. The van der Waals surface area contributed by atoms with Gasteiger partial charge in [0.1, 0.15) is 6.10 Å². The van der Waals surface area contributed by atoms with Crippen LogP contribution in [0.3, 0.4) is 0 Å². The van der Waals surface area contributed by atoms with Crippen LogP contribution in [0.4, 0.5) is 0 Å². The van der Waals surface area contributed by atoms with Crippen LogP contribution in [0.2, 0.25) is 0 Å². The van der Waals surface area contributed by atoms with E-state index in [0.717, 1.165) is 38.6 Å². The molecule has 2 saturated heterocycles. The number of piperidine rings is 1. The number of nitrogens with zero attached hydrogens (tertiary/aromatic N) is 3. The Balaban J connectivity index is 1.52. The van der Waals surface area contributed by atoms with E-state index in [9.17, 15) is 4.79 Å². The minimum atomic E-state index is 0.0411. The summed E-state index contributed by atoms with van der Waals surface area (Å²) in [5.41, 5.74) is 3.77. The van der Waals surface area contributed by atoms with E-state index in [4.69, 9.17) is 4.74 Å².